The molecule has 5 nitrogen and oxygen atoms in total. The van der Waals surface area contributed by atoms with Gasteiger partial charge < -0.3 is 10.7 Å². The van der Waals surface area contributed by atoms with E-state index in [0.717, 1.165) is 11.0 Å². The van der Waals surface area contributed by atoms with Crippen molar-refractivity contribution in [1.82, 2.24) is 9.97 Å². The number of imidazole rings is 1. The highest BCUT2D eigenvalue weighted by Gasteiger charge is 2.02. The molecular weight excluding hydrogens is 202 g/mol. The fourth-order valence-electron chi connectivity index (χ4n) is 1.17. The van der Waals surface area contributed by atoms with Crippen LogP contribution in [0.5, 0.6) is 0 Å². The smallest absolute Gasteiger partial charge is 0.208 e. The molecule has 5 N–H and O–H groups in total. The lowest BCUT2D eigenvalue weighted by Crippen LogP contribution is -2.21. The third kappa shape index (κ3) is 1.62. The highest BCUT2D eigenvalue weighted by atomic mass is 35.5. The molecular formula is C8H8ClN5. The van der Waals surface area contributed by atoms with E-state index < -0.39 is 0 Å². The maximum Gasteiger partial charge on any atom is 0.208 e. The molecule has 2 rings (SSSR count). The monoisotopic (exact) mass is 209 g/mol. The number of fused-ring (bicyclic) bond motifs is 1. The number of H-pyrrole nitrogens is 1. The molecule has 0 aliphatic carbocycles. The quantitative estimate of drug-likeness (QED) is 0.424. The maximum absolute atomic E-state index is 7.03. The highest BCUT2D eigenvalue weighted by molar-refractivity contribution is 6.31. The van der Waals surface area contributed by atoms with Crippen LogP contribution >= 0.6 is 11.6 Å². The van der Waals surface area contributed by atoms with Crippen LogP contribution in [-0.4, -0.2) is 15.9 Å². The Balaban J connectivity index is 2.46. The van der Waals surface area contributed by atoms with E-state index in [2.05, 4.69) is 15.3 Å². The zero-order chi connectivity index (χ0) is 10.1. The number of benzene rings is 1. The summed E-state index contributed by atoms with van der Waals surface area (Å²) < 4.78 is 0. The molecule has 14 heavy (non-hydrogen) atoms. The van der Waals surface area contributed by atoms with Crippen molar-refractivity contribution in [2.24, 2.45) is 5.73 Å². The number of rotatable bonds is 1. The predicted octanol–water partition coefficient (Wildman–Crippen LogP) is 1.52. The molecule has 1 aromatic carbocycles. The van der Waals surface area contributed by atoms with Gasteiger partial charge in [0.15, 0.2) is 5.96 Å². The van der Waals surface area contributed by atoms with Gasteiger partial charge in [-0.05, 0) is 18.2 Å². The van der Waals surface area contributed by atoms with E-state index in [1.54, 1.807) is 12.1 Å². The Morgan fingerprint density at radius 3 is 3.07 bits per heavy atom. The molecule has 0 saturated heterocycles. The van der Waals surface area contributed by atoms with Crippen LogP contribution in [0.15, 0.2) is 18.2 Å². The average Bonchev–Trinajstić information content (AvgIpc) is 2.44. The average molecular weight is 210 g/mol. The Hall–Kier alpha value is -1.75. The van der Waals surface area contributed by atoms with Crippen molar-refractivity contribution in [3.8, 4) is 0 Å². The lowest BCUT2D eigenvalue weighted by molar-refractivity contribution is 1.29. The minimum atomic E-state index is -0.157. The molecule has 0 saturated carbocycles. The summed E-state index contributed by atoms with van der Waals surface area (Å²) in [4.78, 5) is 7.09. The minimum absolute atomic E-state index is 0.157. The van der Waals surface area contributed by atoms with Gasteiger partial charge in [-0.3, -0.25) is 10.7 Å². The molecule has 0 atom stereocenters. The Labute approximate surface area is 84.8 Å². The number of hydrogen-bond donors (Lipinski definition) is 4. The highest BCUT2D eigenvalue weighted by Crippen LogP contribution is 2.18. The zero-order valence-electron chi connectivity index (χ0n) is 7.13. The van der Waals surface area contributed by atoms with Crippen molar-refractivity contribution in [1.29, 1.82) is 5.41 Å². The first-order valence-electron chi connectivity index (χ1n) is 3.91. The number of anilines is 1. The van der Waals surface area contributed by atoms with Gasteiger partial charge in [0.1, 0.15) is 0 Å². The largest absolute Gasteiger partial charge is 0.370 e. The van der Waals surface area contributed by atoms with Crippen LogP contribution in [0.4, 0.5) is 5.95 Å². The van der Waals surface area contributed by atoms with Gasteiger partial charge in [0, 0.05) is 5.02 Å². The minimum Gasteiger partial charge on any atom is -0.370 e. The predicted molar refractivity (Wildman–Crippen MR) is 56.6 cm³/mol. The second-order valence-electron chi connectivity index (χ2n) is 2.79. The summed E-state index contributed by atoms with van der Waals surface area (Å²) in [5.41, 5.74) is 6.75. The van der Waals surface area contributed by atoms with Crippen LogP contribution < -0.4 is 11.1 Å². The number of aromatic amines is 1. The van der Waals surface area contributed by atoms with Crippen LogP contribution in [-0.2, 0) is 0 Å². The van der Waals surface area contributed by atoms with Crippen LogP contribution in [0.2, 0.25) is 5.02 Å². The van der Waals surface area contributed by atoms with Crippen molar-refractivity contribution in [2.45, 2.75) is 0 Å². The molecule has 0 fully saturated rings. The lowest BCUT2D eigenvalue weighted by atomic mass is 10.3. The van der Waals surface area contributed by atoms with Gasteiger partial charge >= 0.3 is 0 Å². The molecule has 2 aromatic rings. The number of hydrogen-bond acceptors (Lipinski definition) is 2. The van der Waals surface area contributed by atoms with Gasteiger partial charge in [0.25, 0.3) is 0 Å². The maximum atomic E-state index is 7.03. The van der Waals surface area contributed by atoms with E-state index in [0.29, 0.717) is 11.0 Å². The molecule has 72 valence electrons. The van der Waals surface area contributed by atoms with Crippen molar-refractivity contribution in [3.63, 3.8) is 0 Å². The molecule has 1 aromatic heterocycles. The van der Waals surface area contributed by atoms with E-state index in [1.807, 2.05) is 6.07 Å². The lowest BCUT2D eigenvalue weighted by Gasteiger charge is -1.95. The van der Waals surface area contributed by atoms with Gasteiger partial charge in [-0.15, -0.1) is 0 Å². The van der Waals surface area contributed by atoms with E-state index in [-0.39, 0.29) is 5.96 Å². The number of nitrogens with two attached hydrogens (primary N) is 1. The molecule has 0 bridgehead atoms. The topological polar surface area (TPSA) is 90.6 Å². The number of halogens is 1. The molecule has 0 radical (unpaired) electrons. The van der Waals surface area contributed by atoms with E-state index in [4.69, 9.17) is 22.7 Å². The molecule has 0 aliphatic heterocycles. The van der Waals surface area contributed by atoms with Crippen LogP contribution in [0.3, 0.4) is 0 Å². The molecule has 1 heterocycles. The van der Waals surface area contributed by atoms with Crippen molar-refractivity contribution >= 4 is 34.5 Å². The third-order valence-corrected chi connectivity index (χ3v) is 1.93. The van der Waals surface area contributed by atoms with Crippen molar-refractivity contribution in [3.05, 3.63) is 23.2 Å². The SMILES string of the molecule is N=C(N)Nc1nc2cc(Cl)ccc2[nH]1. The second-order valence-corrected chi connectivity index (χ2v) is 3.22. The standard InChI is InChI=1S/C8H8ClN5/c9-4-1-2-5-6(3-4)13-8(12-5)14-7(10)11/h1-3H,(H5,10,11,12,13,14). The summed E-state index contributed by atoms with van der Waals surface area (Å²) >= 11 is 5.79. The van der Waals surface area contributed by atoms with E-state index in [9.17, 15) is 0 Å². The summed E-state index contributed by atoms with van der Waals surface area (Å²) in [7, 11) is 0. The summed E-state index contributed by atoms with van der Waals surface area (Å²) in [6.07, 6.45) is 0. The summed E-state index contributed by atoms with van der Waals surface area (Å²) in [5, 5.41) is 10.2. The van der Waals surface area contributed by atoms with Crippen LogP contribution in [0, 0.1) is 5.41 Å². The summed E-state index contributed by atoms with van der Waals surface area (Å²) in [6.45, 7) is 0. The molecule has 6 heteroatoms. The van der Waals surface area contributed by atoms with Gasteiger partial charge in [-0.25, -0.2) is 4.98 Å². The Morgan fingerprint density at radius 2 is 2.36 bits per heavy atom. The number of guanidine groups is 1. The van der Waals surface area contributed by atoms with Crippen LogP contribution in [0.1, 0.15) is 0 Å². The Morgan fingerprint density at radius 1 is 1.57 bits per heavy atom. The summed E-state index contributed by atoms with van der Waals surface area (Å²) in [6, 6.07) is 5.31. The number of nitrogens with one attached hydrogen (secondary N) is 3. The third-order valence-electron chi connectivity index (χ3n) is 1.70. The van der Waals surface area contributed by atoms with Crippen LogP contribution in [0.25, 0.3) is 11.0 Å². The first-order valence-corrected chi connectivity index (χ1v) is 4.29. The number of aromatic nitrogens is 2. The Bertz CT molecular complexity index is 489. The number of nitrogens with zero attached hydrogens (tertiary/aromatic N) is 1. The Kier molecular flexibility index (Phi) is 2.01. The molecule has 0 aliphatic rings. The fourth-order valence-corrected chi connectivity index (χ4v) is 1.33. The second kappa shape index (κ2) is 3.19. The first-order chi connectivity index (χ1) is 6.65. The van der Waals surface area contributed by atoms with Gasteiger partial charge in [-0.2, -0.15) is 0 Å². The van der Waals surface area contributed by atoms with E-state index in [1.165, 1.54) is 0 Å². The zero-order valence-corrected chi connectivity index (χ0v) is 7.89. The summed E-state index contributed by atoms with van der Waals surface area (Å²) in [5.74, 6) is 0.282. The van der Waals surface area contributed by atoms with Crippen molar-refractivity contribution < 1.29 is 0 Å². The molecule has 0 amide bonds. The molecule has 0 spiro atoms. The van der Waals surface area contributed by atoms with E-state index >= 15 is 0 Å². The van der Waals surface area contributed by atoms with Crippen molar-refractivity contribution in [2.75, 3.05) is 5.32 Å². The normalized spacial score (nSPS) is 10.4. The molecule has 0 unspecified atom stereocenters. The van der Waals surface area contributed by atoms with Gasteiger partial charge in [-0.1, -0.05) is 11.6 Å². The van der Waals surface area contributed by atoms with Gasteiger partial charge in [0.05, 0.1) is 11.0 Å². The fraction of sp³-hybridized carbons (Fsp3) is 0. The first kappa shape index (κ1) is 8.83. The van der Waals surface area contributed by atoms with Gasteiger partial charge in [0.2, 0.25) is 5.95 Å².